The molecular formula is C14H18N4O3S. The van der Waals surface area contributed by atoms with E-state index in [1.165, 1.54) is 8.61 Å². The monoisotopic (exact) mass is 322 g/mol. The molecule has 1 saturated heterocycles. The average Bonchev–Trinajstić information content (AvgIpc) is 3.19. The molecule has 0 saturated carbocycles. The Labute approximate surface area is 129 Å². The molecule has 0 N–H and O–H groups in total. The maximum absolute atomic E-state index is 12.8. The van der Waals surface area contributed by atoms with Crippen molar-refractivity contribution in [3.05, 3.63) is 48.4 Å². The minimum Gasteiger partial charge on any atom is -0.468 e. The van der Waals surface area contributed by atoms with Crippen LogP contribution in [0.25, 0.3) is 0 Å². The van der Waals surface area contributed by atoms with Gasteiger partial charge >= 0.3 is 0 Å². The molecule has 1 fully saturated rings. The number of furan rings is 1. The number of hydrogen-bond donors (Lipinski definition) is 0. The maximum atomic E-state index is 12.8. The first kappa shape index (κ1) is 15.1. The summed E-state index contributed by atoms with van der Waals surface area (Å²) in [6, 6.07) is 3.37. The van der Waals surface area contributed by atoms with Crippen molar-refractivity contribution < 1.29 is 12.8 Å². The summed E-state index contributed by atoms with van der Waals surface area (Å²) < 4.78 is 33.8. The molecule has 1 aliphatic rings. The van der Waals surface area contributed by atoms with E-state index in [2.05, 4.69) is 9.97 Å². The average molecular weight is 322 g/mol. The van der Waals surface area contributed by atoms with Crippen LogP contribution in [0.2, 0.25) is 0 Å². The molecule has 0 aromatic carbocycles. The van der Waals surface area contributed by atoms with E-state index in [0.717, 1.165) is 12.8 Å². The molecule has 0 bridgehead atoms. The molecule has 0 aliphatic carbocycles. The first-order valence-corrected chi connectivity index (χ1v) is 8.50. The van der Waals surface area contributed by atoms with E-state index >= 15 is 0 Å². The fraction of sp³-hybridized carbons (Fsp3) is 0.429. The summed E-state index contributed by atoms with van der Waals surface area (Å²) in [5.41, 5.74) is 0.613. The van der Waals surface area contributed by atoms with Gasteiger partial charge in [-0.05, 0) is 25.0 Å². The Morgan fingerprint density at radius 3 is 3.00 bits per heavy atom. The predicted molar refractivity (Wildman–Crippen MR) is 79.8 cm³/mol. The Morgan fingerprint density at radius 2 is 2.32 bits per heavy atom. The van der Waals surface area contributed by atoms with Gasteiger partial charge in [-0.3, -0.25) is 9.97 Å². The van der Waals surface area contributed by atoms with Crippen LogP contribution >= 0.6 is 0 Å². The van der Waals surface area contributed by atoms with Gasteiger partial charge in [-0.2, -0.15) is 17.0 Å². The van der Waals surface area contributed by atoms with Crippen LogP contribution in [0, 0.1) is 0 Å². The maximum Gasteiger partial charge on any atom is 0.282 e. The van der Waals surface area contributed by atoms with E-state index in [-0.39, 0.29) is 12.6 Å². The van der Waals surface area contributed by atoms with Crippen molar-refractivity contribution in [2.45, 2.75) is 25.4 Å². The minimum absolute atomic E-state index is 0.192. The van der Waals surface area contributed by atoms with Gasteiger partial charge in [0.2, 0.25) is 0 Å². The van der Waals surface area contributed by atoms with Crippen LogP contribution in [0.3, 0.4) is 0 Å². The third-order valence-electron chi connectivity index (χ3n) is 3.77. The lowest BCUT2D eigenvalue weighted by Crippen LogP contribution is -2.41. The highest BCUT2D eigenvalue weighted by molar-refractivity contribution is 7.86. The van der Waals surface area contributed by atoms with Crippen molar-refractivity contribution in [2.75, 3.05) is 13.6 Å². The Morgan fingerprint density at radius 1 is 1.45 bits per heavy atom. The highest BCUT2D eigenvalue weighted by Gasteiger charge is 2.38. The van der Waals surface area contributed by atoms with E-state index in [4.69, 9.17) is 4.42 Å². The topological polar surface area (TPSA) is 79.5 Å². The lowest BCUT2D eigenvalue weighted by molar-refractivity contribution is 0.310. The number of rotatable bonds is 5. The fourth-order valence-electron chi connectivity index (χ4n) is 2.68. The smallest absolute Gasteiger partial charge is 0.282 e. The molecule has 118 valence electrons. The van der Waals surface area contributed by atoms with E-state index in [9.17, 15) is 8.42 Å². The molecule has 22 heavy (non-hydrogen) atoms. The van der Waals surface area contributed by atoms with Gasteiger partial charge in [0.25, 0.3) is 10.2 Å². The lowest BCUT2D eigenvalue weighted by atomic mass is 10.2. The highest BCUT2D eigenvalue weighted by atomic mass is 32.2. The number of hydrogen-bond acceptors (Lipinski definition) is 5. The fourth-order valence-corrected chi connectivity index (χ4v) is 4.23. The van der Waals surface area contributed by atoms with E-state index in [1.807, 2.05) is 6.07 Å². The minimum atomic E-state index is -3.57. The first-order valence-electron chi connectivity index (χ1n) is 7.10. The second kappa shape index (κ2) is 6.15. The van der Waals surface area contributed by atoms with Gasteiger partial charge < -0.3 is 4.42 Å². The normalized spacial score (nSPS) is 19.8. The van der Waals surface area contributed by atoms with Gasteiger partial charge in [0.15, 0.2) is 0 Å². The van der Waals surface area contributed by atoms with Crippen molar-refractivity contribution in [3.63, 3.8) is 0 Å². The molecule has 2 aromatic heterocycles. The summed E-state index contributed by atoms with van der Waals surface area (Å²) >= 11 is 0. The van der Waals surface area contributed by atoms with Gasteiger partial charge in [0.05, 0.1) is 24.5 Å². The number of aromatic nitrogens is 2. The van der Waals surface area contributed by atoms with Crippen LogP contribution in [0.4, 0.5) is 0 Å². The molecule has 1 atom stereocenters. The second-order valence-corrected chi connectivity index (χ2v) is 7.23. The van der Waals surface area contributed by atoms with Crippen LogP contribution in [0.15, 0.2) is 41.4 Å². The van der Waals surface area contributed by atoms with Crippen molar-refractivity contribution >= 4 is 10.2 Å². The zero-order valence-corrected chi connectivity index (χ0v) is 13.1. The molecule has 3 rings (SSSR count). The van der Waals surface area contributed by atoms with Gasteiger partial charge in [0, 0.05) is 32.2 Å². The van der Waals surface area contributed by atoms with Crippen LogP contribution in [0.1, 0.15) is 30.3 Å². The van der Waals surface area contributed by atoms with Gasteiger partial charge in [-0.1, -0.05) is 0 Å². The third kappa shape index (κ3) is 2.90. The molecule has 8 heteroatoms. The molecule has 1 aliphatic heterocycles. The van der Waals surface area contributed by atoms with E-state index < -0.39 is 10.2 Å². The highest BCUT2D eigenvalue weighted by Crippen LogP contribution is 2.35. The molecule has 0 radical (unpaired) electrons. The van der Waals surface area contributed by atoms with Crippen LogP contribution in [0.5, 0.6) is 0 Å². The van der Waals surface area contributed by atoms with Crippen LogP contribution in [-0.4, -0.2) is 40.6 Å². The molecule has 7 nitrogen and oxygen atoms in total. The van der Waals surface area contributed by atoms with E-state index in [0.29, 0.717) is 18.0 Å². The quantitative estimate of drug-likeness (QED) is 0.835. The summed E-state index contributed by atoms with van der Waals surface area (Å²) in [7, 11) is -2.02. The Kier molecular flexibility index (Phi) is 4.23. The summed E-state index contributed by atoms with van der Waals surface area (Å²) in [6.45, 7) is 0.691. The lowest BCUT2D eigenvalue weighted by Gasteiger charge is -2.27. The first-order chi connectivity index (χ1) is 10.6. The summed E-state index contributed by atoms with van der Waals surface area (Å²) in [4.78, 5) is 8.08. The number of nitrogens with zero attached hydrogens (tertiary/aromatic N) is 4. The van der Waals surface area contributed by atoms with Crippen molar-refractivity contribution in [2.24, 2.45) is 0 Å². The van der Waals surface area contributed by atoms with Gasteiger partial charge in [0.1, 0.15) is 5.76 Å². The third-order valence-corrected chi connectivity index (χ3v) is 5.71. The van der Waals surface area contributed by atoms with Crippen molar-refractivity contribution in [3.8, 4) is 0 Å². The zero-order valence-electron chi connectivity index (χ0n) is 12.3. The predicted octanol–water partition coefficient (Wildman–Crippen LogP) is 1.58. The summed E-state index contributed by atoms with van der Waals surface area (Å²) in [5, 5.41) is 0. The SMILES string of the molecule is CN(Cc1cnccn1)S(=O)(=O)N1CCC[C@H]1c1ccco1. The Bertz CT molecular complexity index is 703. The van der Waals surface area contributed by atoms with Gasteiger partial charge in [-0.15, -0.1) is 0 Å². The van der Waals surface area contributed by atoms with Gasteiger partial charge in [-0.25, -0.2) is 0 Å². The van der Waals surface area contributed by atoms with Crippen molar-refractivity contribution in [1.82, 2.24) is 18.6 Å². The van der Waals surface area contributed by atoms with Crippen LogP contribution in [-0.2, 0) is 16.8 Å². The molecule has 2 aromatic rings. The standard InChI is InChI=1S/C14H18N4O3S/c1-17(11-12-10-15-6-7-16-12)22(19,20)18-8-2-4-13(18)14-5-3-9-21-14/h3,5-7,9-10,13H,2,4,8,11H2,1H3/t13-/m0/s1. The molecule has 3 heterocycles. The molecule has 0 unspecified atom stereocenters. The second-order valence-electron chi connectivity index (χ2n) is 5.24. The molecular weight excluding hydrogens is 304 g/mol. The van der Waals surface area contributed by atoms with Crippen LogP contribution < -0.4 is 0 Å². The Hall–Kier alpha value is -1.77. The molecule has 0 amide bonds. The summed E-state index contributed by atoms with van der Waals surface area (Å²) in [5.74, 6) is 0.689. The zero-order chi connectivity index (χ0) is 15.6. The largest absolute Gasteiger partial charge is 0.468 e. The van der Waals surface area contributed by atoms with E-state index in [1.54, 1.807) is 38.0 Å². The Balaban J connectivity index is 1.79. The summed E-state index contributed by atoms with van der Waals surface area (Å²) in [6.07, 6.45) is 7.85. The van der Waals surface area contributed by atoms with Crippen molar-refractivity contribution in [1.29, 1.82) is 0 Å². The molecule has 0 spiro atoms.